The number of halogens is 1. The molecule has 2 amide bonds. The van der Waals surface area contributed by atoms with Gasteiger partial charge in [0.25, 0.3) is 5.91 Å². The quantitative estimate of drug-likeness (QED) is 0.726. The van der Waals surface area contributed by atoms with Gasteiger partial charge in [-0.2, -0.15) is 0 Å². The van der Waals surface area contributed by atoms with Crippen LogP contribution in [0.2, 0.25) is 5.02 Å². The molecule has 2 aromatic carbocycles. The van der Waals surface area contributed by atoms with E-state index in [0.29, 0.717) is 17.3 Å². The van der Waals surface area contributed by atoms with Crippen molar-refractivity contribution < 1.29 is 14.3 Å². The third-order valence-corrected chi connectivity index (χ3v) is 4.47. The predicted molar refractivity (Wildman–Crippen MR) is 111 cm³/mol. The van der Waals surface area contributed by atoms with Crippen molar-refractivity contribution >= 4 is 23.4 Å². The topological polar surface area (TPSA) is 58.6 Å². The minimum absolute atomic E-state index is 0.00835. The second-order valence-electron chi connectivity index (χ2n) is 7.09. The fraction of sp³-hybridized carbons (Fsp3) is 0.364. The molecule has 0 saturated heterocycles. The standard InChI is InChI=1S/C22H27ClN2O3/c1-15(2)24-22(27)17(4)25(13-18-8-10-19(23)11-9-18)21(26)14-28-20-7-5-6-16(3)12-20/h5-12,15,17H,13-14H2,1-4H3,(H,24,27)/t17-/m1/s1. The van der Waals surface area contributed by atoms with Crippen LogP contribution in [0.4, 0.5) is 0 Å². The molecule has 0 radical (unpaired) electrons. The summed E-state index contributed by atoms with van der Waals surface area (Å²) in [7, 11) is 0. The summed E-state index contributed by atoms with van der Waals surface area (Å²) in [6.07, 6.45) is 0. The van der Waals surface area contributed by atoms with Gasteiger partial charge in [0.15, 0.2) is 6.61 Å². The lowest BCUT2D eigenvalue weighted by atomic mass is 10.1. The summed E-state index contributed by atoms with van der Waals surface area (Å²) < 4.78 is 5.65. The molecule has 0 aliphatic heterocycles. The number of nitrogens with zero attached hydrogens (tertiary/aromatic N) is 1. The van der Waals surface area contributed by atoms with Crippen LogP contribution in [-0.4, -0.2) is 35.4 Å². The summed E-state index contributed by atoms with van der Waals surface area (Å²) in [6.45, 7) is 7.60. The number of nitrogens with one attached hydrogen (secondary N) is 1. The molecule has 2 aromatic rings. The van der Waals surface area contributed by atoms with Gasteiger partial charge in [0.2, 0.25) is 5.91 Å². The Hall–Kier alpha value is -2.53. The van der Waals surface area contributed by atoms with Crippen LogP contribution in [0.15, 0.2) is 48.5 Å². The molecular formula is C22H27ClN2O3. The van der Waals surface area contributed by atoms with Gasteiger partial charge in [-0.3, -0.25) is 9.59 Å². The second-order valence-corrected chi connectivity index (χ2v) is 7.53. The fourth-order valence-electron chi connectivity index (χ4n) is 2.71. The monoisotopic (exact) mass is 402 g/mol. The molecule has 0 unspecified atom stereocenters. The van der Waals surface area contributed by atoms with Gasteiger partial charge in [-0.15, -0.1) is 0 Å². The van der Waals surface area contributed by atoms with Crippen molar-refractivity contribution in [3.8, 4) is 5.75 Å². The Morgan fingerprint density at radius 1 is 1.11 bits per heavy atom. The predicted octanol–water partition coefficient (Wildman–Crippen LogP) is 3.97. The zero-order chi connectivity index (χ0) is 20.7. The molecule has 1 atom stereocenters. The van der Waals surface area contributed by atoms with E-state index in [1.807, 2.05) is 51.1 Å². The van der Waals surface area contributed by atoms with E-state index in [0.717, 1.165) is 11.1 Å². The van der Waals surface area contributed by atoms with E-state index in [2.05, 4.69) is 5.32 Å². The van der Waals surface area contributed by atoms with E-state index in [1.54, 1.807) is 25.1 Å². The van der Waals surface area contributed by atoms with E-state index < -0.39 is 6.04 Å². The van der Waals surface area contributed by atoms with Crippen LogP contribution < -0.4 is 10.1 Å². The third kappa shape index (κ3) is 6.57. The maximum Gasteiger partial charge on any atom is 0.261 e. The summed E-state index contributed by atoms with van der Waals surface area (Å²) in [5.74, 6) is 0.162. The van der Waals surface area contributed by atoms with Crippen LogP contribution in [0.1, 0.15) is 31.9 Å². The van der Waals surface area contributed by atoms with Gasteiger partial charge < -0.3 is 15.0 Å². The Kier molecular flexibility index (Phi) is 7.88. The Labute approximate surface area is 171 Å². The smallest absolute Gasteiger partial charge is 0.261 e. The zero-order valence-corrected chi connectivity index (χ0v) is 17.5. The molecule has 0 saturated carbocycles. The first-order valence-electron chi connectivity index (χ1n) is 9.30. The number of hydrogen-bond acceptors (Lipinski definition) is 3. The number of amides is 2. The van der Waals surface area contributed by atoms with E-state index in [9.17, 15) is 9.59 Å². The number of aryl methyl sites for hydroxylation is 1. The number of hydrogen-bond donors (Lipinski definition) is 1. The highest BCUT2D eigenvalue weighted by Crippen LogP contribution is 2.16. The Morgan fingerprint density at radius 2 is 1.79 bits per heavy atom. The molecule has 150 valence electrons. The molecular weight excluding hydrogens is 376 g/mol. The second kappa shape index (κ2) is 10.1. The fourth-order valence-corrected chi connectivity index (χ4v) is 2.83. The lowest BCUT2D eigenvalue weighted by molar-refractivity contribution is -0.142. The van der Waals surface area contributed by atoms with Gasteiger partial charge >= 0.3 is 0 Å². The average Bonchev–Trinajstić information content (AvgIpc) is 2.64. The molecule has 0 bridgehead atoms. The Bertz CT molecular complexity index is 806. The van der Waals surface area contributed by atoms with Gasteiger partial charge in [-0.05, 0) is 63.1 Å². The lowest BCUT2D eigenvalue weighted by Crippen LogP contribution is -2.50. The highest BCUT2D eigenvalue weighted by atomic mass is 35.5. The first kappa shape index (κ1) is 21.8. The van der Waals surface area contributed by atoms with E-state index in [4.69, 9.17) is 16.3 Å². The average molecular weight is 403 g/mol. The summed E-state index contributed by atoms with van der Waals surface area (Å²) in [4.78, 5) is 26.9. The van der Waals surface area contributed by atoms with Crippen LogP contribution >= 0.6 is 11.6 Å². The van der Waals surface area contributed by atoms with E-state index in [-0.39, 0.29) is 24.5 Å². The highest BCUT2D eigenvalue weighted by molar-refractivity contribution is 6.30. The zero-order valence-electron chi connectivity index (χ0n) is 16.7. The summed E-state index contributed by atoms with van der Waals surface area (Å²) in [6, 6.07) is 14.1. The molecule has 1 N–H and O–H groups in total. The SMILES string of the molecule is Cc1cccc(OCC(=O)N(Cc2ccc(Cl)cc2)[C@H](C)C(=O)NC(C)C)c1. The van der Waals surface area contributed by atoms with Gasteiger partial charge in [0.05, 0.1) is 0 Å². The molecule has 5 nitrogen and oxygen atoms in total. The first-order chi connectivity index (χ1) is 13.3. The maximum atomic E-state index is 12.9. The number of ether oxygens (including phenoxy) is 1. The molecule has 6 heteroatoms. The van der Waals surface area contributed by atoms with Crippen LogP contribution in [0.3, 0.4) is 0 Å². The minimum Gasteiger partial charge on any atom is -0.484 e. The molecule has 0 heterocycles. The van der Waals surface area contributed by atoms with E-state index >= 15 is 0 Å². The van der Waals surface area contributed by atoms with Crippen LogP contribution in [-0.2, 0) is 16.1 Å². The Balaban J connectivity index is 2.14. The number of benzene rings is 2. The lowest BCUT2D eigenvalue weighted by Gasteiger charge is -2.29. The largest absolute Gasteiger partial charge is 0.484 e. The summed E-state index contributed by atoms with van der Waals surface area (Å²) in [5, 5.41) is 3.48. The Morgan fingerprint density at radius 3 is 2.39 bits per heavy atom. The van der Waals surface area contributed by atoms with Crippen LogP contribution in [0, 0.1) is 6.92 Å². The number of carbonyl (C=O) groups is 2. The van der Waals surface area contributed by atoms with Gasteiger partial charge in [0, 0.05) is 17.6 Å². The molecule has 28 heavy (non-hydrogen) atoms. The van der Waals surface area contributed by atoms with Crippen LogP contribution in [0.5, 0.6) is 5.75 Å². The van der Waals surface area contributed by atoms with Crippen molar-refractivity contribution in [2.45, 2.75) is 46.3 Å². The molecule has 0 aliphatic carbocycles. The van der Waals surface area contributed by atoms with Crippen molar-refractivity contribution in [1.82, 2.24) is 10.2 Å². The summed E-state index contributed by atoms with van der Waals surface area (Å²) >= 11 is 5.95. The van der Waals surface area contributed by atoms with E-state index in [1.165, 1.54) is 4.90 Å². The summed E-state index contributed by atoms with van der Waals surface area (Å²) in [5.41, 5.74) is 1.94. The molecule has 2 rings (SSSR count). The van der Waals surface area contributed by atoms with Crippen molar-refractivity contribution in [2.75, 3.05) is 6.61 Å². The number of rotatable bonds is 8. The highest BCUT2D eigenvalue weighted by Gasteiger charge is 2.26. The van der Waals surface area contributed by atoms with Crippen molar-refractivity contribution in [1.29, 1.82) is 0 Å². The van der Waals surface area contributed by atoms with Crippen molar-refractivity contribution in [2.24, 2.45) is 0 Å². The maximum absolute atomic E-state index is 12.9. The number of carbonyl (C=O) groups excluding carboxylic acids is 2. The van der Waals surface area contributed by atoms with Gasteiger partial charge in [0.1, 0.15) is 11.8 Å². The van der Waals surface area contributed by atoms with Crippen molar-refractivity contribution in [3.63, 3.8) is 0 Å². The normalized spacial score (nSPS) is 11.8. The third-order valence-electron chi connectivity index (χ3n) is 4.22. The molecule has 0 fully saturated rings. The molecule has 0 aromatic heterocycles. The van der Waals surface area contributed by atoms with Gasteiger partial charge in [-0.1, -0.05) is 35.9 Å². The van der Waals surface area contributed by atoms with Gasteiger partial charge in [-0.25, -0.2) is 0 Å². The van der Waals surface area contributed by atoms with Crippen LogP contribution in [0.25, 0.3) is 0 Å². The first-order valence-corrected chi connectivity index (χ1v) is 9.68. The molecule has 0 aliphatic rings. The minimum atomic E-state index is -0.633. The molecule has 0 spiro atoms. The van der Waals surface area contributed by atoms with Crippen molar-refractivity contribution in [3.05, 3.63) is 64.7 Å².